The van der Waals surface area contributed by atoms with Gasteiger partial charge in [-0.2, -0.15) is 0 Å². The zero-order valence-electron chi connectivity index (χ0n) is 50.3. The smallest absolute Gasteiger partial charge is 0.0590 e. The molecule has 0 unspecified atom stereocenters. The van der Waals surface area contributed by atoms with Crippen LogP contribution in [0.4, 0.5) is 45.5 Å². The fourth-order valence-electron chi connectivity index (χ4n) is 12.3. The maximum Gasteiger partial charge on any atom is 0.0590 e. The van der Waals surface area contributed by atoms with Gasteiger partial charge in [0, 0.05) is 117 Å². The number of benzene rings is 14. The van der Waals surface area contributed by atoms with Crippen LogP contribution >= 0.6 is 45.3 Å². The van der Waals surface area contributed by atoms with Gasteiger partial charge in [-0.25, -0.2) is 0 Å². The number of aromatic nitrogens is 1. The fraction of sp³-hybridized carbons (Fsp3) is 0. The molecule has 0 saturated carbocycles. The molecule has 19 aromatic rings. The molecule has 0 aliphatic carbocycles. The van der Waals surface area contributed by atoms with Crippen molar-refractivity contribution in [3.8, 4) is 5.69 Å². The molecule has 5 nitrogen and oxygen atoms in total. The van der Waals surface area contributed by atoms with Gasteiger partial charge in [0.2, 0.25) is 0 Å². The second kappa shape index (κ2) is 25.7. The number of nitrogens with one attached hydrogen (secondary N) is 4. The molecule has 444 valence electrons. The van der Waals surface area contributed by atoms with E-state index in [-0.39, 0.29) is 0 Å². The lowest BCUT2D eigenvalue weighted by molar-refractivity contribution is 1.18. The number of fused-ring (bicyclic) bond motifs is 14. The van der Waals surface area contributed by atoms with Crippen LogP contribution in [0.1, 0.15) is 0 Å². The van der Waals surface area contributed by atoms with Crippen molar-refractivity contribution in [1.29, 1.82) is 0 Å². The van der Waals surface area contributed by atoms with Crippen LogP contribution in [-0.4, -0.2) is 4.57 Å². The van der Waals surface area contributed by atoms with Crippen LogP contribution in [0.3, 0.4) is 0 Å². The lowest BCUT2D eigenvalue weighted by atomic mass is 10.1. The predicted octanol–water partition coefficient (Wildman–Crippen LogP) is 26.3. The van der Waals surface area contributed by atoms with Gasteiger partial charge in [0.25, 0.3) is 0 Å². The standard InChI is InChI=1S/C34H22N2S.2C18H13NS.C14H11NS/c1-2-10-26(11-3-1)36-31-19-23-9-5-4-8-22(23)18-30(31)27-16-14-24(20-32(27)36)35-25-15-17-29-28-12-6-7-13-33(28)37-34(29)21-25;1-2-7-13(8-3-1)19-16-11-6-10-15-14-9-4-5-12-17(14)20-18(15)16;1-2-6-13(7-3-1)19-14-10-11-18-16(12-14)15-8-4-5-9-17(15)20-18;1-2-4-12(5-3-1)15-13-7-6-11-8-9-16-14(11)10-13/h1-21,35H;2*1-12,19H;1-10,15H. The van der Waals surface area contributed by atoms with Crippen LogP contribution in [0.2, 0.25) is 0 Å². The summed E-state index contributed by atoms with van der Waals surface area (Å²) in [5.41, 5.74) is 12.6. The Balaban J connectivity index is 0.000000105. The quantitative estimate of drug-likeness (QED) is 0.116. The normalized spacial score (nSPS) is 11.2. The van der Waals surface area contributed by atoms with Gasteiger partial charge in [-0.1, -0.05) is 182 Å². The van der Waals surface area contributed by atoms with Crippen molar-refractivity contribution in [3.05, 3.63) is 333 Å². The summed E-state index contributed by atoms with van der Waals surface area (Å²) in [5, 5.41) is 30.5. The molecule has 0 bridgehead atoms. The van der Waals surface area contributed by atoms with E-state index < -0.39 is 0 Å². The predicted molar refractivity (Wildman–Crippen MR) is 411 cm³/mol. The Morgan fingerprint density at radius 2 is 0.677 bits per heavy atom. The molecule has 93 heavy (non-hydrogen) atoms. The van der Waals surface area contributed by atoms with Gasteiger partial charge < -0.3 is 25.8 Å². The van der Waals surface area contributed by atoms with E-state index in [0.29, 0.717) is 0 Å². The van der Waals surface area contributed by atoms with E-state index >= 15 is 0 Å². The number of rotatable bonds is 9. The second-order valence-corrected chi connectivity index (χ2v) is 27.0. The number of para-hydroxylation sites is 4. The molecule has 14 aromatic carbocycles. The van der Waals surface area contributed by atoms with Crippen molar-refractivity contribution in [2.24, 2.45) is 0 Å². The Labute approximate surface area is 554 Å². The average molecular weight is 1270 g/mol. The molecule has 0 fully saturated rings. The summed E-state index contributed by atoms with van der Waals surface area (Å²) in [5.74, 6) is 0. The molecule has 0 aliphatic rings. The first kappa shape index (κ1) is 57.1. The minimum Gasteiger partial charge on any atom is -0.356 e. The van der Waals surface area contributed by atoms with E-state index in [0.717, 1.165) is 39.8 Å². The monoisotopic (exact) mass is 1270 g/mol. The van der Waals surface area contributed by atoms with Gasteiger partial charge in [-0.15, -0.1) is 45.3 Å². The molecule has 0 atom stereocenters. The molecular formula is C84H59N5S4. The summed E-state index contributed by atoms with van der Waals surface area (Å²) < 4.78 is 11.7. The second-order valence-electron chi connectivity index (χ2n) is 22.8. The molecule has 9 heteroatoms. The third kappa shape index (κ3) is 12.0. The highest BCUT2D eigenvalue weighted by Crippen LogP contribution is 2.42. The SMILES string of the molecule is c1ccc(-n2c3cc(Nc4ccc5c(c4)sc4ccccc45)ccc3c3cc4ccccc4cc32)cc1.c1ccc(Nc2ccc3ccsc3c2)cc1.c1ccc(Nc2ccc3sc4ccccc4c3c2)cc1.c1ccc(Nc2cccc3c2sc2ccccc23)cc1. The van der Waals surface area contributed by atoms with Gasteiger partial charge in [0.05, 0.1) is 21.4 Å². The molecule has 0 aliphatic heterocycles. The fourth-order valence-corrected chi connectivity index (χ4v) is 16.6. The topological polar surface area (TPSA) is 53.1 Å². The Morgan fingerprint density at radius 3 is 1.35 bits per heavy atom. The number of thiophene rings is 4. The molecular weight excluding hydrogens is 1210 g/mol. The van der Waals surface area contributed by atoms with Crippen LogP contribution in [-0.2, 0) is 0 Å². The molecule has 5 aromatic heterocycles. The third-order valence-corrected chi connectivity index (χ3v) is 21.1. The maximum absolute atomic E-state index is 3.68. The summed E-state index contributed by atoms with van der Waals surface area (Å²) in [6.45, 7) is 0. The zero-order valence-corrected chi connectivity index (χ0v) is 53.6. The first-order valence-electron chi connectivity index (χ1n) is 31.0. The number of anilines is 8. The lowest BCUT2D eigenvalue weighted by Crippen LogP contribution is -1.95. The number of hydrogen-bond donors (Lipinski definition) is 4. The van der Waals surface area contributed by atoms with E-state index in [4.69, 9.17) is 0 Å². The van der Waals surface area contributed by atoms with Crippen LogP contribution in [0.15, 0.2) is 333 Å². The molecule has 0 amide bonds. The minimum absolute atomic E-state index is 1.08. The highest BCUT2D eigenvalue weighted by atomic mass is 32.1. The van der Waals surface area contributed by atoms with Gasteiger partial charge in [0.15, 0.2) is 0 Å². The highest BCUT2D eigenvalue weighted by Gasteiger charge is 2.16. The van der Waals surface area contributed by atoms with E-state index in [2.05, 4.69) is 304 Å². The van der Waals surface area contributed by atoms with Crippen molar-refractivity contribution < 1.29 is 0 Å². The number of hydrogen-bond acceptors (Lipinski definition) is 8. The summed E-state index contributed by atoms with van der Waals surface area (Å²) in [4.78, 5) is 0. The van der Waals surface area contributed by atoms with Crippen LogP contribution < -0.4 is 21.3 Å². The molecule has 4 N–H and O–H groups in total. The Kier molecular flexibility index (Phi) is 15.8. The van der Waals surface area contributed by atoms with Crippen molar-refractivity contribution in [2.45, 2.75) is 0 Å². The summed E-state index contributed by atoms with van der Waals surface area (Å²) in [6, 6.07) is 116. The third-order valence-electron chi connectivity index (χ3n) is 16.7. The highest BCUT2D eigenvalue weighted by molar-refractivity contribution is 7.27. The Morgan fingerprint density at radius 1 is 0.226 bits per heavy atom. The van der Waals surface area contributed by atoms with Gasteiger partial charge in [-0.3, -0.25) is 0 Å². The largest absolute Gasteiger partial charge is 0.356 e. The van der Waals surface area contributed by atoms with Crippen molar-refractivity contribution >= 4 is 194 Å². The van der Waals surface area contributed by atoms with E-state index in [9.17, 15) is 0 Å². The van der Waals surface area contributed by atoms with Crippen molar-refractivity contribution in [3.63, 3.8) is 0 Å². The summed E-state index contributed by atoms with van der Waals surface area (Å²) in [7, 11) is 0. The molecule has 0 spiro atoms. The van der Waals surface area contributed by atoms with Crippen LogP contribution in [0.5, 0.6) is 0 Å². The average Bonchev–Trinajstić information content (AvgIpc) is 1.68. The lowest BCUT2D eigenvalue weighted by Gasteiger charge is -2.10. The molecule has 0 saturated heterocycles. The molecule has 19 rings (SSSR count). The Bertz CT molecular complexity index is 5820. The van der Waals surface area contributed by atoms with Gasteiger partial charge in [0.1, 0.15) is 0 Å². The van der Waals surface area contributed by atoms with Gasteiger partial charge in [-0.05, 0) is 167 Å². The minimum atomic E-state index is 1.08. The van der Waals surface area contributed by atoms with Crippen molar-refractivity contribution in [1.82, 2.24) is 4.57 Å². The van der Waals surface area contributed by atoms with E-state index in [1.807, 2.05) is 88.6 Å². The number of nitrogens with zero attached hydrogens (tertiary/aromatic N) is 1. The van der Waals surface area contributed by atoms with Crippen LogP contribution in [0, 0.1) is 0 Å². The summed E-state index contributed by atoms with van der Waals surface area (Å²) >= 11 is 7.31. The Hall–Kier alpha value is -11.0. The first-order chi connectivity index (χ1) is 46.0. The maximum atomic E-state index is 3.68. The first-order valence-corrected chi connectivity index (χ1v) is 34.3. The molecule has 0 radical (unpaired) electrons. The summed E-state index contributed by atoms with van der Waals surface area (Å²) in [6.07, 6.45) is 0. The van der Waals surface area contributed by atoms with E-state index in [1.165, 1.54) is 115 Å². The van der Waals surface area contributed by atoms with Crippen LogP contribution in [0.25, 0.3) is 109 Å². The van der Waals surface area contributed by atoms with Crippen molar-refractivity contribution in [2.75, 3.05) is 21.3 Å². The van der Waals surface area contributed by atoms with Gasteiger partial charge >= 0.3 is 0 Å². The molecule has 5 heterocycles. The van der Waals surface area contributed by atoms with E-state index in [1.54, 1.807) is 11.3 Å². The zero-order chi connectivity index (χ0) is 61.9.